The van der Waals surface area contributed by atoms with E-state index in [1.54, 1.807) is 49.6 Å². The highest BCUT2D eigenvalue weighted by atomic mass is 35.5. The largest absolute Gasteiger partial charge is 0.385 e. The Morgan fingerprint density at radius 1 is 1.11 bits per heavy atom. The molecule has 0 saturated carbocycles. The molecule has 0 radical (unpaired) electrons. The van der Waals surface area contributed by atoms with Crippen LogP contribution in [0.2, 0.25) is 10.0 Å². The van der Waals surface area contributed by atoms with Crippen molar-refractivity contribution < 1.29 is 14.3 Å². The summed E-state index contributed by atoms with van der Waals surface area (Å²) in [6.45, 7) is 1.14. The van der Waals surface area contributed by atoms with Crippen LogP contribution in [-0.2, 0) is 9.53 Å². The van der Waals surface area contributed by atoms with Crippen molar-refractivity contribution >= 4 is 46.4 Å². The summed E-state index contributed by atoms with van der Waals surface area (Å²) in [7, 11) is 1.62. The summed E-state index contributed by atoms with van der Waals surface area (Å²) in [5, 5.41) is 9.37. The van der Waals surface area contributed by atoms with Crippen molar-refractivity contribution in [3.05, 3.63) is 58.1 Å². The van der Waals surface area contributed by atoms with E-state index in [4.69, 9.17) is 27.9 Å². The average Bonchev–Trinajstić information content (AvgIpc) is 2.66. The van der Waals surface area contributed by atoms with E-state index in [0.717, 1.165) is 6.42 Å². The topological polar surface area (TPSA) is 79.5 Å². The highest BCUT2D eigenvalue weighted by Gasteiger charge is 2.08. The first-order chi connectivity index (χ1) is 13.0. The second-order valence-corrected chi connectivity index (χ2v) is 6.55. The second kappa shape index (κ2) is 10.8. The molecule has 0 spiro atoms. The maximum Gasteiger partial charge on any atom is 0.251 e. The molecule has 0 aliphatic carbocycles. The van der Waals surface area contributed by atoms with E-state index in [1.807, 2.05) is 0 Å². The van der Waals surface area contributed by atoms with Gasteiger partial charge in [0.1, 0.15) is 0 Å². The van der Waals surface area contributed by atoms with Gasteiger partial charge in [0, 0.05) is 36.5 Å². The quantitative estimate of drug-likeness (QED) is 0.550. The van der Waals surface area contributed by atoms with E-state index >= 15 is 0 Å². The maximum absolute atomic E-state index is 12.1. The van der Waals surface area contributed by atoms with Crippen molar-refractivity contribution in [2.75, 3.05) is 37.4 Å². The van der Waals surface area contributed by atoms with Crippen LogP contribution in [0.4, 0.5) is 11.4 Å². The smallest absolute Gasteiger partial charge is 0.251 e. The molecule has 0 aliphatic rings. The fraction of sp³-hybridized carbons (Fsp3) is 0.263. The second-order valence-electron chi connectivity index (χ2n) is 5.71. The van der Waals surface area contributed by atoms with E-state index in [9.17, 15) is 9.59 Å². The lowest BCUT2D eigenvalue weighted by Crippen LogP contribution is -2.25. The van der Waals surface area contributed by atoms with Crippen LogP contribution in [0.15, 0.2) is 42.5 Å². The van der Waals surface area contributed by atoms with Gasteiger partial charge in [-0.05, 0) is 42.8 Å². The molecule has 27 heavy (non-hydrogen) atoms. The van der Waals surface area contributed by atoms with Crippen LogP contribution in [0.5, 0.6) is 0 Å². The molecule has 0 aliphatic heterocycles. The molecule has 144 valence electrons. The highest BCUT2D eigenvalue weighted by Crippen LogP contribution is 2.25. The molecule has 3 N–H and O–H groups in total. The summed E-state index contributed by atoms with van der Waals surface area (Å²) >= 11 is 11.9. The summed E-state index contributed by atoms with van der Waals surface area (Å²) < 4.78 is 4.94. The summed E-state index contributed by atoms with van der Waals surface area (Å²) in [6.07, 6.45) is 0.742. The van der Waals surface area contributed by atoms with Gasteiger partial charge >= 0.3 is 0 Å². The molecular formula is C19H21Cl2N3O3. The van der Waals surface area contributed by atoms with E-state index < -0.39 is 0 Å². The Balaban J connectivity index is 1.87. The number of anilines is 2. The summed E-state index contributed by atoms with van der Waals surface area (Å²) in [5.74, 6) is -0.460. The number of carbonyl (C=O) groups excluding carboxylic acids is 2. The normalized spacial score (nSPS) is 10.3. The Kier molecular flexibility index (Phi) is 8.39. The fourth-order valence-corrected chi connectivity index (χ4v) is 2.60. The minimum Gasteiger partial charge on any atom is -0.385 e. The lowest BCUT2D eigenvalue weighted by molar-refractivity contribution is -0.114. The van der Waals surface area contributed by atoms with Crippen LogP contribution in [0.25, 0.3) is 0 Å². The molecule has 0 aromatic heterocycles. The number of nitrogens with one attached hydrogen (secondary N) is 3. The van der Waals surface area contributed by atoms with Gasteiger partial charge in [-0.25, -0.2) is 0 Å². The summed E-state index contributed by atoms with van der Waals surface area (Å²) in [6, 6.07) is 11.8. The molecule has 2 aromatic rings. The Morgan fingerprint density at radius 3 is 2.70 bits per heavy atom. The zero-order chi connectivity index (χ0) is 19.6. The van der Waals surface area contributed by atoms with E-state index in [2.05, 4.69) is 16.0 Å². The third kappa shape index (κ3) is 7.09. The molecule has 8 heteroatoms. The molecule has 0 fully saturated rings. The van der Waals surface area contributed by atoms with Crippen molar-refractivity contribution in [3.8, 4) is 0 Å². The number of hydrogen-bond donors (Lipinski definition) is 3. The molecule has 2 aromatic carbocycles. The lowest BCUT2D eigenvalue weighted by Gasteiger charge is -2.11. The lowest BCUT2D eigenvalue weighted by atomic mass is 10.2. The number of halogens is 2. The Labute approximate surface area is 168 Å². The van der Waals surface area contributed by atoms with Gasteiger partial charge in [-0.3, -0.25) is 9.59 Å². The third-order valence-corrected chi connectivity index (χ3v) is 4.16. The molecule has 0 unspecified atom stereocenters. The van der Waals surface area contributed by atoms with Crippen LogP contribution in [-0.4, -0.2) is 38.6 Å². The molecule has 2 rings (SSSR count). The first-order valence-electron chi connectivity index (χ1n) is 8.35. The number of amides is 2. The number of hydrogen-bond acceptors (Lipinski definition) is 4. The Morgan fingerprint density at radius 2 is 1.93 bits per heavy atom. The minimum absolute atomic E-state index is 0.0156. The summed E-state index contributed by atoms with van der Waals surface area (Å²) in [5.41, 5.74) is 1.61. The highest BCUT2D eigenvalue weighted by molar-refractivity contribution is 6.35. The van der Waals surface area contributed by atoms with Gasteiger partial charge < -0.3 is 20.7 Å². The van der Waals surface area contributed by atoms with Crippen molar-refractivity contribution in [2.24, 2.45) is 0 Å². The van der Waals surface area contributed by atoms with Gasteiger partial charge in [-0.1, -0.05) is 29.3 Å². The SMILES string of the molecule is COCCCNC(=O)c1cccc(NCC(=O)Nc2cc(Cl)ccc2Cl)c1. The molecule has 0 saturated heterocycles. The van der Waals surface area contributed by atoms with Gasteiger partial charge in [-0.2, -0.15) is 0 Å². The molecular weight excluding hydrogens is 389 g/mol. The first kappa shape index (κ1) is 21.0. The minimum atomic E-state index is -0.284. The predicted molar refractivity (Wildman–Crippen MR) is 109 cm³/mol. The van der Waals surface area contributed by atoms with Gasteiger partial charge in [-0.15, -0.1) is 0 Å². The van der Waals surface area contributed by atoms with Gasteiger partial charge in [0.25, 0.3) is 5.91 Å². The number of ether oxygens (including phenoxy) is 1. The summed E-state index contributed by atoms with van der Waals surface area (Å²) in [4.78, 5) is 24.2. The Bertz CT molecular complexity index is 800. The van der Waals surface area contributed by atoms with Crippen LogP contribution >= 0.6 is 23.2 Å². The van der Waals surface area contributed by atoms with E-state index in [0.29, 0.717) is 40.1 Å². The van der Waals surface area contributed by atoms with Crippen LogP contribution in [0.1, 0.15) is 16.8 Å². The van der Waals surface area contributed by atoms with Gasteiger partial charge in [0.2, 0.25) is 5.91 Å². The zero-order valence-corrected chi connectivity index (χ0v) is 16.4. The van der Waals surface area contributed by atoms with Crippen molar-refractivity contribution in [1.29, 1.82) is 0 Å². The monoisotopic (exact) mass is 409 g/mol. The van der Waals surface area contributed by atoms with E-state index in [1.165, 1.54) is 0 Å². The van der Waals surface area contributed by atoms with Gasteiger partial charge in [0.15, 0.2) is 0 Å². The van der Waals surface area contributed by atoms with Crippen LogP contribution in [0.3, 0.4) is 0 Å². The van der Waals surface area contributed by atoms with Crippen LogP contribution in [0, 0.1) is 0 Å². The third-order valence-electron chi connectivity index (χ3n) is 3.59. The Hall–Kier alpha value is -2.28. The molecule has 0 heterocycles. The van der Waals surface area contributed by atoms with Crippen molar-refractivity contribution in [2.45, 2.75) is 6.42 Å². The van der Waals surface area contributed by atoms with E-state index in [-0.39, 0.29) is 18.4 Å². The fourth-order valence-electron chi connectivity index (χ4n) is 2.26. The molecule has 0 atom stereocenters. The molecule has 2 amide bonds. The zero-order valence-electron chi connectivity index (χ0n) is 14.9. The van der Waals surface area contributed by atoms with Crippen molar-refractivity contribution in [1.82, 2.24) is 5.32 Å². The average molecular weight is 410 g/mol. The van der Waals surface area contributed by atoms with Gasteiger partial charge in [0.05, 0.1) is 17.3 Å². The number of benzene rings is 2. The maximum atomic E-state index is 12.1. The predicted octanol–water partition coefficient (Wildman–Crippen LogP) is 3.81. The van der Waals surface area contributed by atoms with Crippen molar-refractivity contribution in [3.63, 3.8) is 0 Å². The molecule has 0 bridgehead atoms. The molecule has 6 nitrogen and oxygen atoms in total. The standard InChI is InChI=1S/C19H21Cl2N3O3/c1-27-9-3-8-22-19(26)13-4-2-5-15(10-13)23-12-18(25)24-17-11-14(20)6-7-16(17)21/h2,4-7,10-11,23H,3,8-9,12H2,1H3,(H,22,26)(H,24,25). The first-order valence-corrected chi connectivity index (χ1v) is 9.11. The number of carbonyl (C=O) groups is 2. The number of rotatable bonds is 9. The number of methoxy groups -OCH3 is 1. The van der Waals surface area contributed by atoms with Crippen LogP contribution < -0.4 is 16.0 Å².